The number of aromatic nitrogens is 1. The molecule has 2 amide bonds. The predicted molar refractivity (Wildman–Crippen MR) is 151 cm³/mol. The molecule has 4 rings (SSSR count). The lowest BCUT2D eigenvalue weighted by Crippen LogP contribution is -2.53. The van der Waals surface area contributed by atoms with E-state index >= 15 is 0 Å². The minimum absolute atomic E-state index is 0.174. The summed E-state index contributed by atoms with van der Waals surface area (Å²) in [5.74, 6) is -2.61. The second-order valence-electron chi connectivity index (χ2n) is 10.6. The lowest BCUT2D eigenvalue weighted by molar-refractivity contribution is -0.192. The van der Waals surface area contributed by atoms with Crippen LogP contribution in [-0.4, -0.2) is 63.8 Å². The number of nitrogens with zero attached hydrogens (tertiary/aromatic N) is 2. The summed E-state index contributed by atoms with van der Waals surface area (Å²) < 4.78 is 37.8. The van der Waals surface area contributed by atoms with Crippen LogP contribution in [0.3, 0.4) is 0 Å². The van der Waals surface area contributed by atoms with Gasteiger partial charge in [-0.25, -0.2) is 10.3 Å². The number of fused-ring (bicyclic) bond motifs is 1. The highest BCUT2D eigenvalue weighted by Crippen LogP contribution is 2.36. The molecule has 232 valence electrons. The van der Waals surface area contributed by atoms with Gasteiger partial charge in [-0.05, 0) is 62.6 Å². The maximum atomic E-state index is 13.6. The summed E-state index contributed by atoms with van der Waals surface area (Å²) in [7, 11) is 1.76. The number of para-hydroxylation sites is 1. The summed E-state index contributed by atoms with van der Waals surface area (Å²) in [6, 6.07) is 16.8. The standard InChI is InChI=1S/C28H34N4O4.C2HF3O2/c1-18(2)15-25(26(33)31-35)32-14-13-28(29-4,27(32)34)21-9-11-22(12-10-21)36-17-20-16-19(3)30-24-8-6-5-7-23(20)24;3-2(4,5)1(6)7/h5-12,16,18,25,29,35H,13-15,17H2,1-4H3,(H,31,33);(H,6,7). The Morgan fingerprint density at radius 2 is 1.77 bits per heavy atom. The highest BCUT2D eigenvalue weighted by Gasteiger charge is 2.50. The number of alkyl halides is 3. The van der Waals surface area contributed by atoms with Gasteiger partial charge in [0, 0.05) is 23.2 Å². The quantitative estimate of drug-likeness (QED) is 0.209. The smallest absolute Gasteiger partial charge is 0.489 e. The van der Waals surface area contributed by atoms with Gasteiger partial charge in [-0.1, -0.05) is 44.2 Å². The molecule has 13 heteroatoms. The first kappa shape index (κ1) is 33.3. The van der Waals surface area contributed by atoms with Crippen LogP contribution in [0.25, 0.3) is 10.9 Å². The van der Waals surface area contributed by atoms with E-state index < -0.39 is 29.6 Å². The van der Waals surface area contributed by atoms with Crippen LogP contribution >= 0.6 is 0 Å². The molecule has 2 unspecified atom stereocenters. The second kappa shape index (κ2) is 13.8. The first-order valence-electron chi connectivity index (χ1n) is 13.6. The number of halogens is 3. The summed E-state index contributed by atoms with van der Waals surface area (Å²) in [5, 5.41) is 20.6. The number of amides is 2. The number of pyridine rings is 1. The van der Waals surface area contributed by atoms with Gasteiger partial charge in [-0.2, -0.15) is 13.2 Å². The molecule has 0 radical (unpaired) electrons. The zero-order valence-corrected chi connectivity index (χ0v) is 24.2. The summed E-state index contributed by atoms with van der Waals surface area (Å²) in [5.41, 5.74) is 4.54. The lowest BCUT2D eigenvalue weighted by Gasteiger charge is -2.31. The van der Waals surface area contributed by atoms with Crippen molar-refractivity contribution in [3.8, 4) is 5.75 Å². The molecule has 0 aliphatic carbocycles. The van der Waals surface area contributed by atoms with Crippen LogP contribution in [-0.2, 0) is 26.5 Å². The molecule has 2 heterocycles. The molecule has 0 spiro atoms. The largest absolute Gasteiger partial charge is 0.490 e. The van der Waals surface area contributed by atoms with Gasteiger partial charge in [0.25, 0.3) is 5.91 Å². The fraction of sp³-hybridized carbons (Fsp3) is 0.400. The summed E-state index contributed by atoms with van der Waals surface area (Å²) >= 11 is 0. The van der Waals surface area contributed by atoms with Gasteiger partial charge in [0.1, 0.15) is 23.9 Å². The van der Waals surface area contributed by atoms with E-state index in [4.69, 9.17) is 14.6 Å². The summed E-state index contributed by atoms with van der Waals surface area (Å²) in [6.07, 6.45) is -4.11. The highest BCUT2D eigenvalue weighted by atomic mass is 19.4. The lowest BCUT2D eigenvalue weighted by atomic mass is 9.88. The third-order valence-electron chi connectivity index (χ3n) is 7.18. The molecule has 2 atom stereocenters. The van der Waals surface area contributed by atoms with Crippen LogP contribution in [0.4, 0.5) is 13.2 Å². The number of benzene rings is 2. The molecular formula is C30H35F3N4O6. The van der Waals surface area contributed by atoms with Crippen molar-refractivity contribution < 1.29 is 42.6 Å². The van der Waals surface area contributed by atoms with E-state index in [0.717, 1.165) is 27.7 Å². The number of likely N-dealkylation sites (tertiary alicyclic amines) is 1. The monoisotopic (exact) mass is 604 g/mol. The Hall–Kier alpha value is -4.23. The normalized spacial score (nSPS) is 17.4. The van der Waals surface area contributed by atoms with Crippen molar-refractivity contribution in [2.24, 2.45) is 5.92 Å². The average molecular weight is 605 g/mol. The zero-order valence-electron chi connectivity index (χ0n) is 24.2. The molecule has 1 aliphatic rings. The van der Waals surface area contributed by atoms with Gasteiger partial charge in [0.05, 0.1) is 5.52 Å². The molecule has 4 N–H and O–H groups in total. The number of aliphatic carboxylic acids is 1. The Kier molecular flexibility index (Phi) is 10.7. The van der Waals surface area contributed by atoms with E-state index in [9.17, 15) is 28.0 Å². The van der Waals surface area contributed by atoms with Crippen molar-refractivity contribution >= 4 is 28.7 Å². The van der Waals surface area contributed by atoms with Crippen LogP contribution in [0.1, 0.15) is 43.5 Å². The Morgan fingerprint density at radius 3 is 2.33 bits per heavy atom. The molecule has 1 saturated heterocycles. The molecule has 1 aromatic heterocycles. The Morgan fingerprint density at radius 1 is 1.14 bits per heavy atom. The molecule has 3 aromatic rings. The van der Waals surface area contributed by atoms with Crippen LogP contribution in [0.15, 0.2) is 54.6 Å². The fourth-order valence-electron chi connectivity index (χ4n) is 5.09. The van der Waals surface area contributed by atoms with Gasteiger partial charge in [0.15, 0.2) is 0 Å². The number of aryl methyl sites for hydroxylation is 1. The van der Waals surface area contributed by atoms with Gasteiger partial charge >= 0.3 is 12.1 Å². The summed E-state index contributed by atoms with van der Waals surface area (Å²) in [4.78, 5) is 41.0. The number of carbonyl (C=O) groups excluding carboxylic acids is 2. The van der Waals surface area contributed by atoms with Crippen molar-refractivity contribution in [2.75, 3.05) is 13.6 Å². The van der Waals surface area contributed by atoms with Crippen molar-refractivity contribution in [3.63, 3.8) is 0 Å². The average Bonchev–Trinajstić information content (AvgIpc) is 3.30. The minimum atomic E-state index is -5.08. The second-order valence-corrected chi connectivity index (χ2v) is 10.6. The molecule has 0 bridgehead atoms. The van der Waals surface area contributed by atoms with Crippen molar-refractivity contribution in [3.05, 3.63) is 71.4 Å². The number of hydrogen-bond acceptors (Lipinski definition) is 7. The van der Waals surface area contributed by atoms with E-state index in [1.165, 1.54) is 0 Å². The number of rotatable bonds is 9. The Balaban J connectivity index is 0.000000646. The van der Waals surface area contributed by atoms with Crippen LogP contribution in [0.5, 0.6) is 5.75 Å². The number of hydrogen-bond donors (Lipinski definition) is 4. The number of carbonyl (C=O) groups is 3. The molecule has 43 heavy (non-hydrogen) atoms. The van der Waals surface area contributed by atoms with E-state index in [1.807, 2.05) is 75.4 Å². The number of nitrogens with one attached hydrogen (secondary N) is 2. The molecule has 1 fully saturated rings. The van der Waals surface area contributed by atoms with E-state index in [2.05, 4.69) is 10.3 Å². The Labute approximate surface area is 246 Å². The fourth-order valence-corrected chi connectivity index (χ4v) is 5.09. The number of carboxylic acids is 1. The molecular weight excluding hydrogens is 569 g/mol. The van der Waals surface area contributed by atoms with E-state index in [0.29, 0.717) is 31.7 Å². The van der Waals surface area contributed by atoms with Crippen molar-refractivity contribution in [1.29, 1.82) is 0 Å². The van der Waals surface area contributed by atoms with Crippen molar-refractivity contribution in [2.45, 2.75) is 58.0 Å². The maximum Gasteiger partial charge on any atom is 0.490 e. The van der Waals surface area contributed by atoms with Gasteiger partial charge < -0.3 is 20.1 Å². The highest BCUT2D eigenvalue weighted by molar-refractivity contribution is 5.94. The number of ether oxygens (including phenoxy) is 1. The number of carboxylic acid groups (broad SMARTS) is 1. The minimum Gasteiger partial charge on any atom is -0.489 e. The Bertz CT molecular complexity index is 1450. The van der Waals surface area contributed by atoms with Crippen LogP contribution < -0.4 is 15.5 Å². The van der Waals surface area contributed by atoms with Gasteiger partial charge in [0.2, 0.25) is 5.91 Å². The summed E-state index contributed by atoms with van der Waals surface area (Å²) in [6.45, 7) is 6.76. The van der Waals surface area contributed by atoms with Crippen LogP contribution in [0, 0.1) is 12.8 Å². The first-order valence-corrected chi connectivity index (χ1v) is 13.6. The maximum absolute atomic E-state index is 13.6. The topological polar surface area (TPSA) is 141 Å². The molecule has 1 aliphatic heterocycles. The van der Waals surface area contributed by atoms with E-state index in [-0.39, 0.29) is 11.8 Å². The van der Waals surface area contributed by atoms with Crippen LogP contribution in [0.2, 0.25) is 0 Å². The first-order chi connectivity index (χ1) is 20.2. The molecule has 0 saturated carbocycles. The van der Waals surface area contributed by atoms with Gasteiger partial charge in [-0.15, -0.1) is 0 Å². The van der Waals surface area contributed by atoms with Gasteiger partial charge in [-0.3, -0.25) is 19.8 Å². The third-order valence-corrected chi connectivity index (χ3v) is 7.18. The predicted octanol–water partition coefficient (Wildman–Crippen LogP) is 4.32. The molecule has 10 nitrogen and oxygen atoms in total. The van der Waals surface area contributed by atoms with Crippen molar-refractivity contribution in [1.82, 2.24) is 20.7 Å². The zero-order chi connectivity index (χ0) is 31.9. The van der Waals surface area contributed by atoms with E-state index in [1.54, 1.807) is 17.4 Å². The molecule has 2 aromatic carbocycles. The number of likely N-dealkylation sites (N-methyl/N-ethyl adjacent to an activating group) is 1. The number of hydroxylamine groups is 1. The SMILES string of the molecule is CNC1(c2ccc(OCc3cc(C)nc4ccccc34)cc2)CCN(C(CC(C)C)C(=O)NO)C1=O.O=C(O)C(F)(F)F. The third kappa shape index (κ3) is 7.79.